The van der Waals surface area contributed by atoms with Crippen LogP contribution in [0.1, 0.15) is 10.5 Å². The van der Waals surface area contributed by atoms with Crippen LogP contribution in [0.5, 0.6) is 5.88 Å². The van der Waals surface area contributed by atoms with Crippen molar-refractivity contribution in [1.82, 2.24) is 20.0 Å². The molecule has 9 heteroatoms. The number of methoxy groups -OCH3 is 1. The van der Waals surface area contributed by atoms with Crippen LogP contribution in [-0.4, -0.2) is 33.0 Å². The van der Waals surface area contributed by atoms with Crippen molar-refractivity contribution in [3.05, 3.63) is 52.5 Å². The number of carbonyl (C=O) groups excluding carboxylic acids is 1. The molecule has 0 unspecified atom stereocenters. The molecule has 3 rings (SSSR count). The van der Waals surface area contributed by atoms with Crippen molar-refractivity contribution in [3.63, 3.8) is 0 Å². The first-order valence-corrected chi connectivity index (χ1v) is 7.96. The van der Waals surface area contributed by atoms with Gasteiger partial charge in [0.15, 0.2) is 5.69 Å². The van der Waals surface area contributed by atoms with E-state index in [0.29, 0.717) is 21.5 Å². The lowest BCUT2D eigenvalue weighted by Crippen LogP contribution is -2.18. The first-order valence-electron chi connectivity index (χ1n) is 7.17. The number of hydrogen-bond acceptors (Lipinski definition) is 5. The maximum absolute atomic E-state index is 13.1. The molecule has 0 bridgehead atoms. The van der Waals surface area contributed by atoms with Crippen LogP contribution in [0.15, 0.2) is 41.0 Å². The van der Waals surface area contributed by atoms with E-state index in [1.807, 2.05) is 0 Å². The molecular formula is C16H13BrFN5O2. The van der Waals surface area contributed by atoms with E-state index >= 15 is 0 Å². The summed E-state index contributed by atoms with van der Waals surface area (Å²) in [7, 11) is 3.06. The predicted molar refractivity (Wildman–Crippen MR) is 92.8 cm³/mol. The lowest BCUT2D eigenvalue weighted by molar-refractivity contribution is 0.101. The van der Waals surface area contributed by atoms with Gasteiger partial charge < -0.3 is 10.1 Å². The number of hydrogen-bond donors (Lipinski definition) is 1. The summed E-state index contributed by atoms with van der Waals surface area (Å²) < 4.78 is 20.2. The largest absolute Gasteiger partial charge is 0.479 e. The summed E-state index contributed by atoms with van der Waals surface area (Å²) in [5.41, 5.74) is 1.57. The van der Waals surface area contributed by atoms with Gasteiger partial charge in [-0.2, -0.15) is 0 Å². The molecule has 2 aromatic heterocycles. The average Bonchev–Trinajstić information content (AvgIpc) is 2.98. The van der Waals surface area contributed by atoms with E-state index in [0.717, 1.165) is 0 Å². The quantitative estimate of drug-likeness (QED) is 0.674. The predicted octanol–water partition coefficient (Wildman–Crippen LogP) is 3.04. The molecule has 3 aromatic rings. The molecule has 0 spiro atoms. The number of carbonyl (C=O) groups is 1. The molecule has 7 nitrogen and oxygen atoms in total. The van der Waals surface area contributed by atoms with Gasteiger partial charge in [0.25, 0.3) is 5.91 Å². The molecule has 0 aliphatic carbocycles. The van der Waals surface area contributed by atoms with E-state index in [1.54, 1.807) is 19.2 Å². The number of anilines is 1. The highest BCUT2D eigenvalue weighted by atomic mass is 79.9. The van der Waals surface area contributed by atoms with Gasteiger partial charge in [0, 0.05) is 12.6 Å². The Hall–Kier alpha value is -2.81. The minimum absolute atomic E-state index is 0.233. The molecule has 0 aliphatic heterocycles. The Balaban J connectivity index is 1.96. The molecule has 25 heavy (non-hydrogen) atoms. The fourth-order valence-corrected chi connectivity index (χ4v) is 2.56. The third-order valence-corrected chi connectivity index (χ3v) is 3.87. The first-order chi connectivity index (χ1) is 12.0. The zero-order valence-electron chi connectivity index (χ0n) is 13.3. The number of rotatable bonds is 4. The fraction of sp³-hybridized carbons (Fsp3) is 0.125. The summed E-state index contributed by atoms with van der Waals surface area (Å²) >= 11 is 3.24. The summed E-state index contributed by atoms with van der Waals surface area (Å²) in [5, 5.41) is 10.6. The normalized spacial score (nSPS) is 10.6. The lowest BCUT2D eigenvalue weighted by Gasteiger charge is -2.10. The second-order valence-corrected chi connectivity index (χ2v) is 5.87. The maximum atomic E-state index is 13.1. The number of pyridine rings is 1. The summed E-state index contributed by atoms with van der Waals surface area (Å²) in [4.78, 5) is 16.9. The van der Waals surface area contributed by atoms with Crippen molar-refractivity contribution in [2.75, 3.05) is 12.4 Å². The summed E-state index contributed by atoms with van der Waals surface area (Å²) in [5.74, 6) is -0.542. The number of amides is 1. The fourth-order valence-electron chi connectivity index (χ4n) is 2.26. The van der Waals surface area contributed by atoms with Crippen molar-refractivity contribution >= 4 is 27.5 Å². The van der Waals surface area contributed by atoms with Crippen molar-refractivity contribution < 1.29 is 13.9 Å². The number of ether oxygens (including phenoxy) is 1. The zero-order chi connectivity index (χ0) is 18.0. The highest BCUT2D eigenvalue weighted by Crippen LogP contribution is 2.26. The van der Waals surface area contributed by atoms with Gasteiger partial charge in [0.1, 0.15) is 21.8 Å². The average molecular weight is 406 g/mol. The van der Waals surface area contributed by atoms with Crippen LogP contribution in [-0.2, 0) is 7.05 Å². The van der Waals surface area contributed by atoms with Gasteiger partial charge in [-0.25, -0.2) is 14.1 Å². The van der Waals surface area contributed by atoms with Crippen molar-refractivity contribution in [2.45, 2.75) is 0 Å². The molecule has 1 aromatic carbocycles. The third-order valence-electron chi connectivity index (χ3n) is 3.43. The maximum Gasteiger partial charge on any atom is 0.276 e. The molecule has 0 fully saturated rings. The van der Waals surface area contributed by atoms with Crippen LogP contribution >= 0.6 is 15.9 Å². The highest BCUT2D eigenvalue weighted by Gasteiger charge is 2.21. The Morgan fingerprint density at radius 3 is 2.64 bits per heavy atom. The lowest BCUT2D eigenvalue weighted by atomic mass is 10.1. The minimum Gasteiger partial charge on any atom is -0.479 e. The molecule has 1 amide bonds. The molecule has 2 heterocycles. The van der Waals surface area contributed by atoms with E-state index in [1.165, 1.54) is 36.1 Å². The molecule has 0 atom stereocenters. The summed E-state index contributed by atoms with van der Waals surface area (Å²) in [6, 6.07) is 9.02. The van der Waals surface area contributed by atoms with Crippen molar-refractivity contribution in [1.29, 1.82) is 0 Å². The zero-order valence-corrected chi connectivity index (χ0v) is 14.9. The second kappa shape index (κ2) is 6.98. The molecule has 0 aliphatic rings. The van der Waals surface area contributed by atoms with Gasteiger partial charge in [-0.3, -0.25) is 4.79 Å². The second-order valence-electron chi connectivity index (χ2n) is 5.06. The SMILES string of the molecule is COc1nc(Br)ccc1NC(=O)c1c(-c2ccc(F)cc2)nnn1C. The van der Waals surface area contributed by atoms with Gasteiger partial charge in [0.2, 0.25) is 5.88 Å². The van der Waals surface area contributed by atoms with E-state index in [2.05, 4.69) is 36.5 Å². The number of nitrogens with zero attached hydrogens (tertiary/aromatic N) is 4. The van der Waals surface area contributed by atoms with Crippen molar-refractivity contribution in [2.24, 2.45) is 7.05 Å². The Kier molecular flexibility index (Phi) is 4.75. The molecule has 0 saturated heterocycles. The number of nitrogens with one attached hydrogen (secondary N) is 1. The Morgan fingerprint density at radius 1 is 1.24 bits per heavy atom. The smallest absolute Gasteiger partial charge is 0.276 e. The molecule has 1 N–H and O–H groups in total. The topological polar surface area (TPSA) is 81.9 Å². The van der Waals surface area contributed by atoms with Crippen LogP contribution in [0.3, 0.4) is 0 Å². The Morgan fingerprint density at radius 2 is 1.96 bits per heavy atom. The van der Waals surface area contributed by atoms with E-state index in [9.17, 15) is 9.18 Å². The minimum atomic E-state index is -0.436. The molecular weight excluding hydrogens is 393 g/mol. The Labute approximate surface area is 151 Å². The van der Waals surface area contributed by atoms with E-state index in [-0.39, 0.29) is 17.4 Å². The van der Waals surface area contributed by atoms with Crippen LogP contribution in [0.25, 0.3) is 11.3 Å². The molecule has 128 valence electrons. The van der Waals surface area contributed by atoms with Crippen molar-refractivity contribution in [3.8, 4) is 17.1 Å². The van der Waals surface area contributed by atoms with Crippen LogP contribution in [0, 0.1) is 5.82 Å². The van der Waals surface area contributed by atoms with Gasteiger partial charge >= 0.3 is 0 Å². The van der Waals surface area contributed by atoms with E-state index < -0.39 is 5.91 Å². The number of aryl methyl sites for hydroxylation is 1. The summed E-state index contributed by atoms with van der Waals surface area (Å²) in [6.07, 6.45) is 0. The van der Waals surface area contributed by atoms with Gasteiger partial charge in [0.05, 0.1) is 7.11 Å². The highest BCUT2D eigenvalue weighted by molar-refractivity contribution is 9.10. The molecule has 0 radical (unpaired) electrons. The summed E-state index contributed by atoms with van der Waals surface area (Å²) in [6.45, 7) is 0. The first kappa shape index (κ1) is 17.0. The number of aromatic nitrogens is 4. The van der Waals surface area contributed by atoms with Gasteiger partial charge in [-0.15, -0.1) is 5.10 Å². The van der Waals surface area contributed by atoms with Crippen LogP contribution in [0.2, 0.25) is 0 Å². The number of halogens is 2. The third kappa shape index (κ3) is 3.50. The molecule has 0 saturated carbocycles. The van der Waals surface area contributed by atoms with E-state index in [4.69, 9.17) is 4.74 Å². The van der Waals surface area contributed by atoms with Gasteiger partial charge in [-0.1, -0.05) is 5.21 Å². The number of benzene rings is 1. The monoisotopic (exact) mass is 405 g/mol. The van der Waals surface area contributed by atoms with Crippen LogP contribution in [0.4, 0.5) is 10.1 Å². The Bertz CT molecular complexity index is 927. The standard InChI is InChI=1S/C16H13BrFN5O2/c1-23-14(13(21-22-23)9-3-5-10(18)6-4-9)15(24)19-11-7-8-12(17)20-16(11)25-2/h3-8H,1-2H3,(H,19,24). The van der Waals surface area contributed by atoms with Crippen LogP contribution < -0.4 is 10.1 Å². The van der Waals surface area contributed by atoms with Gasteiger partial charge in [-0.05, 0) is 52.3 Å².